The maximum absolute atomic E-state index is 12.8. The minimum atomic E-state index is -0.267. The number of benzene rings is 1. The average molecular weight is 279 g/mol. The second-order valence-corrected chi connectivity index (χ2v) is 5.57. The Morgan fingerprint density at radius 1 is 1.45 bits per heavy atom. The molecule has 0 bridgehead atoms. The van der Waals surface area contributed by atoms with E-state index in [1.165, 1.54) is 12.1 Å². The van der Waals surface area contributed by atoms with Crippen molar-refractivity contribution in [2.75, 3.05) is 19.6 Å². The summed E-state index contributed by atoms with van der Waals surface area (Å²) < 4.78 is 12.8. The number of rotatable bonds is 4. The van der Waals surface area contributed by atoms with Gasteiger partial charge in [-0.1, -0.05) is 19.1 Å². The zero-order valence-corrected chi connectivity index (χ0v) is 11.8. The normalized spacial score (nSPS) is 23.6. The molecule has 1 aliphatic rings. The molecule has 0 saturated carbocycles. The molecular weight excluding hydrogens is 257 g/mol. The summed E-state index contributed by atoms with van der Waals surface area (Å²) in [6.45, 7) is 4.64. The van der Waals surface area contributed by atoms with Crippen molar-refractivity contribution in [3.8, 4) is 0 Å². The molecule has 2 atom stereocenters. The number of hydrogen-bond acceptors (Lipinski definition) is 3. The molecule has 3 N–H and O–H groups in total. The first-order valence-corrected chi connectivity index (χ1v) is 7.03. The fourth-order valence-corrected chi connectivity index (χ4v) is 2.38. The number of carbonyl (C=O) groups excluding carboxylic acids is 1. The lowest BCUT2D eigenvalue weighted by molar-refractivity contribution is -0.122. The van der Waals surface area contributed by atoms with Crippen LogP contribution in [0.4, 0.5) is 4.39 Å². The number of nitrogens with two attached hydrogens (primary N) is 1. The molecule has 20 heavy (non-hydrogen) atoms. The van der Waals surface area contributed by atoms with Crippen LogP contribution < -0.4 is 11.1 Å². The van der Waals surface area contributed by atoms with Crippen molar-refractivity contribution in [3.63, 3.8) is 0 Å². The largest absolute Gasteiger partial charge is 0.351 e. The van der Waals surface area contributed by atoms with Crippen molar-refractivity contribution in [3.05, 3.63) is 35.6 Å². The van der Waals surface area contributed by atoms with Gasteiger partial charge in [0.15, 0.2) is 0 Å². The zero-order chi connectivity index (χ0) is 14.5. The fourth-order valence-electron chi connectivity index (χ4n) is 2.38. The van der Waals surface area contributed by atoms with Gasteiger partial charge in [0.25, 0.3) is 0 Å². The van der Waals surface area contributed by atoms with Crippen LogP contribution in [0, 0.1) is 11.7 Å². The van der Waals surface area contributed by atoms with Gasteiger partial charge in [0.1, 0.15) is 5.82 Å². The summed E-state index contributed by atoms with van der Waals surface area (Å²) in [5.41, 5.74) is 6.91. The second-order valence-electron chi connectivity index (χ2n) is 5.57. The van der Waals surface area contributed by atoms with Gasteiger partial charge in [0, 0.05) is 19.1 Å². The van der Waals surface area contributed by atoms with Crippen molar-refractivity contribution < 1.29 is 9.18 Å². The van der Waals surface area contributed by atoms with Crippen LogP contribution in [0.5, 0.6) is 0 Å². The maximum atomic E-state index is 12.8. The van der Waals surface area contributed by atoms with E-state index in [0.29, 0.717) is 19.0 Å². The Labute approximate surface area is 119 Å². The van der Waals surface area contributed by atoms with Gasteiger partial charge in [-0.2, -0.15) is 0 Å². The van der Waals surface area contributed by atoms with E-state index in [9.17, 15) is 9.18 Å². The molecule has 1 saturated heterocycles. The first kappa shape index (κ1) is 14.9. The van der Waals surface area contributed by atoms with Gasteiger partial charge in [-0.05, 0) is 36.6 Å². The van der Waals surface area contributed by atoms with E-state index < -0.39 is 0 Å². The molecular formula is C15H22FN3O. The van der Waals surface area contributed by atoms with Crippen LogP contribution in [0.1, 0.15) is 18.9 Å². The van der Waals surface area contributed by atoms with Crippen molar-refractivity contribution in [2.24, 2.45) is 11.7 Å². The third-order valence-electron chi connectivity index (χ3n) is 3.87. The average Bonchev–Trinajstić information content (AvgIpc) is 2.42. The standard InChI is InChI=1S/C15H22FN3O/c1-11-6-7-19(9-14(11)17)10-15(20)18-8-12-2-4-13(16)5-3-12/h2-5,11,14H,6-10,17H2,1H3,(H,18,20). The van der Waals surface area contributed by atoms with Crippen LogP contribution in [0.25, 0.3) is 0 Å². The first-order chi connectivity index (χ1) is 9.54. The molecule has 1 fully saturated rings. The highest BCUT2D eigenvalue weighted by Crippen LogP contribution is 2.14. The van der Waals surface area contributed by atoms with Gasteiger partial charge in [0.05, 0.1) is 6.54 Å². The highest BCUT2D eigenvalue weighted by Gasteiger charge is 2.24. The summed E-state index contributed by atoms with van der Waals surface area (Å²) in [6.07, 6.45) is 1.03. The number of hydrogen-bond donors (Lipinski definition) is 2. The molecule has 0 spiro atoms. The van der Waals surface area contributed by atoms with Gasteiger partial charge in [-0.15, -0.1) is 0 Å². The summed E-state index contributed by atoms with van der Waals surface area (Å²) in [5.74, 6) is 0.237. The summed E-state index contributed by atoms with van der Waals surface area (Å²) in [5, 5.41) is 2.85. The predicted molar refractivity (Wildman–Crippen MR) is 76.4 cm³/mol. The summed E-state index contributed by atoms with van der Waals surface area (Å²) >= 11 is 0. The Hall–Kier alpha value is -1.46. The van der Waals surface area contributed by atoms with Gasteiger partial charge < -0.3 is 11.1 Å². The predicted octanol–water partition coefficient (Wildman–Crippen LogP) is 1.11. The molecule has 1 aromatic carbocycles. The minimum absolute atomic E-state index is 0.0175. The van der Waals surface area contributed by atoms with Crippen molar-refractivity contribution in [1.82, 2.24) is 10.2 Å². The quantitative estimate of drug-likeness (QED) is 0.868. The van der Waals surface area contributed by atoms with Crippen LogP contribution in [-0.4, -0.2) is 36.5 Å². The van der Waals surface area contributed by atoms with E-state index in [0.717, 1.165) is 25.1 Å². The molecule has 0 aromatic heterocycles. The van der Waals surface area contributed by atoms with E-state index in [2.05, 4.69) is 17.1 Å². The number of nitrogens with one attached hydrogen (secondary N) is 1. The fraction of sp³-hybridized carbons (Fsp3) is 0.533. The smallest absolute Gasteiger partial charge is 0.234 e. The van der Waals surface area contributed by atoms with Crippen molar-refractivity contribution >= 4 is 5.91 Å². The number of amides is 1. The highest BCUT2D eigenvalue weighted by atomic mass is 19.1. The maximum Gasteiger partial charge on any atom is 0.234 e. The van der Waals surface area contributed by atoms with Gasteiger partial charge in [-0.3, -0.25) is 9.69 Å². The van der Waals surface area contributed by atoms with E-state index >= 15 is 0 Å². The summed E-state index contributed by atoms with van der Waals surface area (Å²) in [7, 11) is 0. The van der Waals surface area contributed by atoms with E-state index in [1.54, 1.807) is 12.1 Å². The molecule has 2 rings (SSSR count). The molecule has 2 unspecified atom stereocenters. The lowest BCUT2D eigenvalue weighted by Gasteiger charge is -2.34. The molecule has 1 heterocycles. The third kappa shape index (κ3) is 4.28. The van der Waals surface area contributed by atoms with Crippen molar-refractivity contribution in [1.29, 1.82) is 0 Å². The lowest BCUT2D eigenvalue weighted by Crippen LogP contribution is -2.50. The molecule has 1 amide bonds. The van der Waals surface area contributed by atoms with Crippen LogP contribution in [-0.2, 0) is 11.3 Å². The molecule has 1 aromatic rings. The highest BCUT2D eigenvalue weighted by molar-refractivity contribution is 5.78. The van der Waals surface area contributed by atoms with Crippen LogP contribution >= 0.6 is 0 Å². The lowest BCUT2D eigenvalue weighted by atomic mass is 9.94. The number of carbonyl (C=O) groups is 1. The van der Waals surface area contributed by atoms with Crippen molar-refractivity contribution in [2.45, 2.75) is 25.9 Å². The van der Waals surface area contributed by atoms with E-state index in [-0.39, 0.29) is 17.8 Å². The minimum Gasteiger partial charge on any atom is -0.351 e. The Morgan fingerprint density at radius 3 is 2.80 bits per heavy atom. The van der Waals surface area contributed by atoms with Gasteiger partial charge in [0.2, 0.25) is 5.91 Å². The number of halogens is 1. The van der Waals surface area contributed by atoms with Crippen LogP contribution in [0.15, 0.2) is 24.3 Å². The molecule has 0 aliphatic carbocycles. The Balaban J connectivity index is 1.74. The molecule has 5 heteroatoms. The molecule has 0 radical (unpaired) electrons. The topological polar surface area (TPSA) is 58.4 Å². The SMILES string of the molecule is CC1CCN(CC(=O)NCc2ccc(F)cc2)CC1N. The molecule has 1 aliphatic heterocycles. The van der Waals surface area contributed by atoms with E-state index in [1.807, 2.05) is 0 Å². The van der Waals surface area contributed by atoms with E-state index in [4.69, 9.17) is 5.73 Å². The van der Waals surface area contributed by atoms with Crippen LogP contribution in [0.2, 0.25) is 0 Å². The van der Waals surface area contributed by atoms with Gasteiger partial charge >= 0.3 is 0 Å². The first-order valence-electron chi connectivity index (χ1n) is 7.03. The Bertz CT molecular complexity index is 449. The molecule has 4 nitrogen and oxygen atoms in total. The van der Waals surface area contributed by atoms with Gasteiger partial charge in [-0.25, -0.2) is 4.39 Å². The summed E-state index contributed by atoms with van der Waals surface area (Å²) in [4.78, 5) is 14.0. The summed E-state index contributed by atoms with van der Waals surface area (Å²) in [6, 6.07) is 6.29. The number of likely N-dealkylation sites (tertiary alicyclic amines) is 1. The number of piperidine rings is 1. The molecule has 110 valence electrons. The Kier molecular flexibility index (Phi) is 5.09. The van der Waals surface area contributed by atoms with Crippen LogP contribution in [0.3, 0.4) is 0 Å². The third-order valence-corrected chi connectivity index (χ3v) is 3.87. The number of nitrogens with zero attached hydrogens (tertiary/aromatic N) is 1. The monoisotopic (exact) mass is 279 g/mol. The zero-order valence-electron chi connectivity index (χ0n) is 11.8. The second kappa shape index (κ2) is 6.81. The Morgan fingerprint density at radius 2 is 2.15 bits per heavy atom.